The fourth-order valence-corrected chi connectivity index (χ4v) is 2.35. The van der Waals surface area contributed by atoms with Gasteiger partial charge in [0.25, 0.3) is 11.1 Å². The average Bonchev–Trinajstić information content (AvgIpc) is 2.58. The van der Waals surface area contributed by atoms with E-state index >= 15 is 0 Å². The van der Waals surface area contributed by atoms with Gasteiger partial charge in [-0.1, -0.05) is 0 Å². The molecular formula is C11H10N2O4S. The summed E-state index contributed by atoms with van der Waals surface area (Å²) < 4.78 is 0. The van der Waals surface area contributed by atoms with Gasteiger partial charge in [-0.2, -0.15) is 0 Å². The van der Waals surface area contributed by atoms with Gasteiger partial charge in [-0.15, -0.1) is 0 Å². The second-order valence-corrected chi connectivity index (χ2v) is 4.74. The van der Waals surface area contributed by atoms with Crippen LogP contribution in [0.1, 0.15) is 10.4 Å². The summed E-state index contributed by atoms with van der Waals surface area (Å²) in [7, 11) is 1.42. The van der Waals surface area contributed by atoms with Crippen LogP contribution in [0.4, 0.5) is 10.5 Å². The van der Waals surface area contributed by atoms with Gasteiger partial charge in [0.1, 0.15) is 0 Å². The molecule has 1 aromatic rings. The van der Waals surface area contributed by atoms with E-state index in [4.69, 9.17) is 5.11 Å². The van der Waals surface area contributed by atoms with Gasteiger partial charge in [0, 0.05) is 12.7 Å². The van der Waals surface area contributed by atoms with Crippen LogP contribution in [0.2, 0.25) is 0 Å². The molecule has 7 heteroatoms. The molecular weight excluding hydrogens is 256 g/mol. The van der Waals surface area contributed by atoms with Crippen molar-refractivity contribution < 1.29 is 19.5 Å². The standard InChI is InChI=1S/C11H10N2O4S/c1-13-9(14)8(18-11(13)17)12-7-4-2-6(3-5-7)10(15)16/h2-5,8,12H,1H3,(H,15,16)/t8-/m0/s1. The molecule has 0 radical (unpaired) electrons. The Morgan fingerprint density at radius 1 is 1.33 bits per heavy atom. The number of nitrogens with one attached hydrogen (secondary N) is 1. The van der Waals surface area contributed by atoms with E-state index in [0.717, 1.165) is 16.7 Å². The zero-order valence-electron chi connectivity index (χ0n) is 9.41. The largest absolute Gasteiger partial charge is 0.478 e. The minimum absolute atomic E-state index is 0.166. The number of anilines is 1. The maximum atomic E-state index is 11.6. The normalized spacial score (nSPS) is 19.2. The summed E-state index contributed by atoms with van der Waals surface area (Å²) in [6.45, 7) is 0. The van der Waals surface area contributed by atoms with E-state index in [1.807, 2.05) is 0 Å². The van der Waals surface area contributed by atoms with Crippen molar-refractivity contribution in [1.82, 2.24) is 4.90 Å². The molecule has 18 heavy (non-hydrogen) atoms. The number of aromatic carboxylic acids is 1. The molecule has 0 aliphatic carbocycles. The van der Waals surface area contributed by atoms with Gasteiger partial charge < -0.3 is 10.4 Å². The quantitative estimate of drug-likeness (QED) is 0.861. The van der Waals surface area contributed by atoms with Crippen molar-refractivity contribution >= 4 is 34.6 Å². The van der Waals surface area contributed by atoms with E-state index < -0.39 is 11.3 Å². The molecule has 1 heterocycles. The zero-order chi connectivity index (χ0) is 13.3. The third-order valence-electron chi connectivity index (χ3n) is 2.48. The van der Waals surface area contributed by atoms with Gasteiger partial charge >= 0.3 is 5.97 Å². The lowest BCUT2D eigenvalue weighted by Gasteiger charge is -2.11. The summed E-state index contributed by atoms with van der Waals surface area (Å²) in [6, 6.07) is 5.97. The lowest BCUT2D eigenvalue weighted by Crippen LogP contribution is -2.31. The molecule has 1 aromatic carbocycles. The number of nitrogens with zero attached hydrogens (tertiary/aromatic N) is 1. The van der Waals surface area contributed by atoms with Crippen LogP contribution >= 0.6 is 11.8 Å². The van der Waals surface area contributed by atoms with Crippen LogP contribution in [0.15, 0.2) is 24.3 Å². The molecule has 1 fully saturated rings. The van der Waals surface area contributed by atoms with Gasteiger partial charge in [-0.3, -0.25) is 14.5 Å². The molecule has 6 nitrogen and oxygen atoms in total. The number of rotatable bonds is 3. The first-order valence-corrected chi connectivity index (χ1v) is 5.95. The van der Waals surface area contributed by atoms with Crippen LogP contribution in [0, 0.1) is 0 Å². The smallest absolute Gasteiger partial charge is 0.335 e. The van der Waals surface area contributed by atoms with Crippen LogP contribution < -0.4 is 5.32 Å². The summed E-state index contributed by atoms with van der Waals surface area (Å²) in [5, 5.41) is 10.7. The van der Waals surface area contributed by atoms with Crippen molar-refractivity contribution in [3.05, 3.63) is 29.8 Å². The SMILES string of the molecule is CN1C(=O)S[C@H](Nc2ccc(C(=O)O)cc2)C1=O. The van der Waals surface area contributed by atoms with Crippen LogP contribution in [-0.4, -0.2) is 39.5 Å². The topological polar surface area (TPSA) is 86.7 Å². The summed E-state index contributed by atoms with van der Waals surface area (Å²) in [6.07, 6.45) is 0. The Morgan fingerprint density at radius 3 is 2.39 bits per heavy atom. The molecule has 0 aromatic heterocycles. The molecule has 1 aliphatic heterocycles. The number of amides is 2. The van der Waals surface area contributed by atoms with Crippen LogP contribution in [-0.2, 0) is 4.79 Å². The molecule has 0 saturated carbocycles. The highest BCUT2D eigenvalue weighted by atomic mass is 32.2. The number of hydrogen-bond acceptors (Lipinski definition) is 5. The first kappa shape index (κ1) is 12.4. The first-order valence-electron chi connectivity index (χ1n) is 5.07. The third-order valence-corrected chi connectivity index (χ3v) is 3.51. The number of carboxylic acids is 1. The lowest BCUT2D eigenvalue weighted by atomic mass is 10.2. The van der Waals surface area contributed by atoms with Crippen molar-refractivity contribution in [3.63, 3.8) is 0 Å². The zero-order valence-corrected chi connectivity index (χ0v) is 10.2. The second kappa shape index (κ2) is 4.69. The van der Waals surface area contributed by atoms with Crippen LogP contribution in [0.3, 0.4) is 0 Å². The van der Waals surface area contributed by atoms with Crippen molar-refractivity contribution in [2.75, 3.05) is 12.4 Å². The Kier molecular flexibility index (Phi) is 3.24. The minimum Gasteiger partial charge on any atom is -0.478 e. The van der Waals surface area contributed by atoms with Gasteiger partial charge in [-0.05, 0) is 36.0 Å². The third kappa shape index (κ3) is 2.30. The fourth-order valence-electron chi connectivity index (χ4n) is 1.45. The first-order chi connectivity index (χ1) is 8.49. The van der Waals surface area contributed by atoms with Crippen LogP contribution in [0.5, 0.6) is 0 Å². The monoisotopic (exact) mass is 266 g/mol. The molecule has 0 spiro atoms. The van der Waals surface area contributed by atoms with Crippen LogP contribution in [0.25, 0.3) is 0 Å². The Labute approximate surface area is 107 Å². The summed E-state index contributed by atoms with van der Waals surface area (Å²) >= 11 is 0.897. The number of imide groups is 1. The second-order valence-electron chi connectivity index (χ2n) is 3.69. The molecule has 2 N–H and O–H groups in total. The fraction of sp³-hybridized carbons (Fsp3) is 0.182. The minimum atomic E-state index is -1.01. The molecule has 0 bridgehead atoms. The molecule has 2 amide bonds. The van der Waals surface area contributed by atoms with E-state index in [1.54, 1.807) is 12.1 Å². The Hall–Kier alpha value is -2.02. The van der Waals surface area contributed by atoms with Crippen molar-refractivity contribution in [1.29, 1.82) is 0 Å². The van der Waals surface area contributed by atoms with E-state index in [2.05, 4.69) is 5.32 Å². The molecule has 1 saturated heterocycles. The summed E-state index contributed by atoms with van der Waals surface area (Å²) in [4.78, 5) is 34.6. The molecule has 0 unspecified atom stereocenters. The van der Waals surface area contributed by atoms with Crippen molar-refractivity contribution in [2.24, 2.45) is 0 Å². The Balaban J connectivity index is 2.08. The highest BCUT2D eigenvalue weighted by Gasteiger charge is 2.37. The predicted octanol–water partition coefficient (Wildman–Crippen LogP) is 1.45. The van der Waals surface area contributed by atoms with Gasteiger partial charge in [0.2, 0.25) is 0 Å². The number of carbonyl (C=O) groups excluding carboxylic acids is 2. The summed E-state index contributed by atoms with van der Waals surface area (Å²) in [5.41, 5.74) is 0.757. The number of thioether (sulfide) groups is 1. The number of carbonyl (C=O) groups is 3. The maximum absolute atomic E-state index is 11.6. The Morgan fingerprint density at radius 2 is 1.94 bits per heavy atom. The molecule has 1 aliphatic rings. The average molecular weight is 266 g/mol. The molecule has 2 rings (SSSR count). The van der Waals surface area contributed by atoms with Crippen molar-refractivity contribution in [2.45, 2.75) is 5.37 Å². The molecule has 94 valence electrons. The van der Waals surface area contributed by atoms with Gasteiger partial charge in [0.15, 0.2) is 5.37 Å². The predicted molar refractivity (Wildman–Crippen MR) is 66.6 cm³/mol. The van der Waals surface area contributed by atoms with E-state index in [0.29, 0.717) is 5.69 Å². The number of hydrogen-bond donors (Lipinski definition) is 2. The van der Waals surface area contributed by atoms with Gasteiger partial charge in [0.05, 0.1) is 5.56 Å². The summed E-state index contributed by atoms with van der Waals surface area (Å²) in [5.74, 6) is -1.32. The Bertz CT molecular complexity index is 514. The van der Waals surface area contributed by atoms with Crippen molar-refractivity contribution in [3.8, 4) is 0 Å². The van der Waals surface area contributed by atoms with E-state index in [1.165, 1.54) is 19.2 Å². The number of carboxylic acid groups (broad SMARTS) is 1. The number of likely N-dealkylation sites (N-methyl/N-ethyl adjacent to an activating group) is 1. The van der Waals surface area contributed by atoms with Gasteiger partial charge in [-0.25, -0.2) is 4.79 Å². The highest BCUT2D eigenvalue weighted by molar-refractivity contribution is 8.15. The number of benzene rings is 1. The highest BCUT2D eigenvalue weighted by Crippen LogP contribution is 2.26. The maximum Gasteiger partial charge on any atom is 0.335 e. The molecule has 1 atom stereocenters. The van der Waals surface area contributed by atoms with E-state index in [9.17, 15) is 14.4 Å². The van der Waals surface area contributed by atoms with E-state index in [-0.39, 0.29) is 16.7 Å². The lowest BCUT2D eigenvalue weighted by molar-refractivity contribution is -0.125.